The SMILES string of the molecule is CC1(C(N)=O)CCCCN1CCF. The van der Waals surface area contributed by atoms with Crippen molar-refractivity contribution in [1.82, 2.24) is 4.90 Å². The molecule has 0 saturated carbocycles. The molecule has 0 bridgehead atoms. The summed E-state index contributed by atoms with van der Waals surface area (Å²) in [4.78, 5) is 13.1. The molecule has 0 aliphatic carbocycles. The Kier molecular flexibility index (Phi) is 3.25. The number of hydrogen-bond acceptors (Lipinski definition) is 2. The van der Waals surface area contributed by atoms with E-state index in [0.29, 0.717) is 6.54 Å². The summed E-state index contributed by atoms with van der Waals surface area (Å²) in [6.45, 7) is 2.50. The minimum absolute atomic E-state index is 0.319. The Balaban J connectivity index is 2.71. The van der Waals surface area contributed by atoms with E-state index in [2.05, 4.69) is 0 Å². The fourth-order valence-electron chi connectivity index (χ4n) is 1.92. The van der Waals surface area contributed by atoms with E-state index in [1.54, 1.807) is 0 Å². The maximum Gasteiger partial charge on any atom is 0.237 e. The minimum atomic E-state index is -0.621. The normalized spacial score (nSPS) is 30.3. The molecule has 1 unspecified atom stereocenters. The number of hydrogen-bond donors (Lipinski definition) is 1. The van der Waals surface area contributed by atoms with Gasteiger partial charge in [0.05, 0.1) is 5.54 Å². The first-order valence-corrected chi connectivity index (χ1v) is 4.72. The molecular formula is C9H17FN2O. The molecule has 1 heterocycles. The van der Waals surface area contributed by atoms with E-state index in [1.165, 1.54) is 0 Å². The Morgan fingerprint density at radius 3 is 2.85 bits per heavy atom. The highest BCUT2D eigenvalue weighted by Crippen LogP contribution is 2.27. The molecule has 0 radical (unpaired) electrons. The van der Waals surface area contributed by atoms with Crippen molar-refractivity contribution in [3.63, 3.8) is 0 Å². The summed E-state index contributed by atoms with van der Waals surface area (Å²) < 4.78 is 12.2. The highest BCUT2D eigenvalue weighted by atomic mass is 19.1. The molecule has 0 aromatic carbocycles. The second-order valence-electron chi connectivity index (χ2n) is 3.77. The maximum atomic E-state index is 12.2. The lowest BCUT2D eigenvalue weighted by Crippen LogP contribution is -2.58. The Bertz CT molecular complexity index is 196. The predicted molar refractivity (Wildman–Crippen MR) is 49.0 cm³/mol. The summed E-state index contributed by atoms with van der Waals surface area (Å²) in [6.07, 6.45) is 2.79. The second-order valence-corrected chi connectivity index (χ2v) is 3.77. The van der Waals surface area contributed by atoms with Crippen molar-refractivity contribution in [3.05, 3.63) is 0 Å². The summed E-state index contributed by atoms with van der Waals surface area (Å²) in [6, 6.07) is 0. The van der Waals surface area contributed by atoms with Gasteiger partial charge in [-0.25, -0.2) is 4.39 Å². The number of nitrogens with two attached hydrogens (primary N) is 1. The van der Waals surface area contributed by atoms with E-state index in [-0.39, 0.29) is 5.91 Å². The zero-order chi connectivity index (χ0) is 9.90. The highest BCUT2D eigenvalue weighted by molar-refractivity contribution is 5.84. The summed E-state index contributed by atoms with van der Waals surface area (Å²) >= 11 is 0. The van der Waals surface area contributed by atoms with Crippen molar-refractivity contribution in [1.29, 1.82) is 0 Å². The standard InChI is InChI=1S/C9H17FN2O/c1-9(8(11)13)4-2-3-6-12(9)7-5-10/h2-7H2,1H3,(H2,11,13). The van der Waals surface area contributed by atoms with Crippen molar-refractivity contribution < 1.29 is 9.18 Å². The van der Waals surface area contributed by atoms with Crippen LogP contribution in [0.2, 0.25) is 0 Å². The van der Waals surface area contributed by atoms with Gasteiger partial charge in [-0.15, -0.1) is 0 Å². The number of carbonyl (C=O) groups is 1. The Morgan fingerprint density at radius 2 is 2.31 bits per heavy atom. The number of rotatable bonds is 3. The molecule has 3 nitrogen and oxygen atoms in total. The van der Waals surface area contributed by atoms with Crippen LogP contribution >= 0.6 is 0 Å². The van der Waals surface area contributed by atoms with Crippen LogP contribution in [0.3, 0.4) is 0 Å². The molecule has 1 amide bonds. The molecule has 0 spiro atoms. The van der Waals surface area contributed by atoms with Crippen LogP contribution in [0.15, 0.2) is 0 Å². The van der Waals surface area contributed by atoms with Gasteiger partial charge in [-0.05, 0) is 32.7 Å². The van der Waals surface area contributed by atoms with Crippen molar-refractivity contribution in [2.75, 3.05) is 19.8 Å². The van der Waals surface area contributed by atoms with Gasteiger partial charge in [0.2, 0.25) is 5.91 Å². The van der Waals surface area contributed by atoms with Crippen LogP contribution in [0.4, 0.5) is 4.39 Å². The van der Waals surface area contributed by atoms with Crippen LogP contribution in [0.5, 0.6) is 0 Å². The van der Waals surface area contributed by atoms with Crippen LogP contribution < -0.4 is 5.73 Å². The molecule has 0 aromatic heterocycles. The predicted octanol–water partition coefficient (Wildman–Crippen LogP) is 0.686. The van der Waals surface area contributed by atoms with Gasteiger partial charge in [0.15, 0.2) is 0 Å². The smallest absolute Gasteiger partial charge is 0.237 e. The fraction of sp³-hybridized carbons (Fsp3) is 0.889. The molecule has 0 aromatic rings. The van der Waals surface area contributed by atoms with E-state index >= 15 is 0 Å². The topological polar surface area (TPSA) is 46.3 Å². The molecule has 1 fully saturated rings. The molecule has 1 atom stereocenters. The zero-order valence-electron chi connectivity index (χ0n) is 8.05. The van der Waals surface area contributed by atoms with E-state index in [0.717, 1.165) is 25.8 Å². The van der Waals surface area contributed by atoms with Crippen LogP contribution in [-0.2, 0) is 4.79 Å². The van der Waals surface area contributed by atoms with Crippen LogP contribution in [0, 0.1) is 0 Å². The molecule has 1 saturated heterocycles. The van der Waals surface area contributed by atoms with Gasteiger partial charge in [-0.1, -0.05) is 0 Å². The molecule has 4 heteroatoms. The van der Waals surface area contributed by atoms with Crippen molar-refractivity contribution in [2.45, 2.75) is 31.7 Å². The van der Waals surface area contributed by atoms with Crippen LogP contribution in [-0.4, -0.2) is 36.1 Å². The largest absolute Gasteiger partial charge is 0.368 e. The Morgan fingerprint density at radius 1 is 1.62 bits per heavy atom. The number of carbonyl (C=O) groups excluding carboxylic acids is 1. The Labute approximate surface area is 78.1 Å². The Hall–Kier alpha value is -0.640. The van der Waals surface area contributed by atoms with Crippen molar-refractivity contribution in [3.8, 4) is 0 Å². The third-order valence-electron chi connectivity index (χ3n) is 2.92. The lowest BCUT2D eigenvalue weighted by molar-refractivity contribution is -0.131. The lowest BCUT2D eigenvalue weighted by atomic mass is 9.88. The summed E-state index contributed by atoms with van der Waals surface area (Å²) in [5, 5.41) is 0. The van der Waals surface area contributed by atoms with Crippen molar-refractivity contribution in [2.24, 2.45) is 5.73 Å². The lowest BCUT2D eigenvalue weighted by Gasteiger charge is -2.42. The quantitative estimate of drug-likeness (QED) is 0.708. The third kappa shape index (κ3) is 1.99. The van der Waals surface area contributed by atoms with Crippen LogP contribution in [0.25, 0.3) is 0 Å². The second kappa shape index (κ2) is 4.05. The molecule has 1 rings (SSSR count). The summed E-state index contributed by atoms with van der Waals surface area (Å²) in [7, 11) is 0. The number of halogens is 1. The fourth-order valence-corrected chi connectivity index (χ4v) is 1.92. The van der Waals surface area contributed by atoms with E-state index in [1.807, 2.05) is 11.8 Å². The maximum absolute atomic E-state index is 12.2. The monoisotopic (exact) mass is 188 g/mol. The van der Waals surface area contributed by atoms with E-state index in [9.17, 15) is 9.18 Å². The molecule has 1 aliphatic rings. The van der Waals surface area contributed by atoms with Gasteiger partial charge < -0.3 is 5.73 Å². The average molecular weight is 188 g/mol. The third-order valence-corrected chi connectivity index (χ3v) is 2.92. The summed E-state index contributed by atoms with van der Waals surface area (Å²) in [5.74, 6) is -0.333. The number of alkyl halides is 1. The first kappa shape index (κ1) is 10.4. The number of likely N-dealkylation sites (tertiary alicyclic amines) is 1. The number of primary amides is 1. The number of nitrogens with zero attached hydrogens (tertiary/aromatic N) is 1. The van der Waals surface area contributed by atoms with Gasteiger partial charge in [0.1, 0.15) is 6.67 Å². The van der Waals surface area contributed by atoms with Gasteiger partial charge >= 0.3 is 0 Å². The molecule has 76 valence electrons. The average Bonchev–Trinajstić information content (AvgIpc) is 2.09. The summed E-state index contributed by atoms with van der Waals surface area (Å²) in [5.41, 5.74) is 4.70. The van der Waals surface area contributed by atoms with E-state index < -0.39 is 12.2 Å². The highest BCUT2D eigenvalue weighted by Gasteiger charge is 2.39. The number of amides is 1. The molecule has 1 aliphatic heterocycles. The zero-order valence-corrected chi connectivity index (χ0v) is 8.05. The first-order valence-electron chi connectivity index (χ1n) is 4.72. The van der Waals surface area contributed by atoms with Gasteiger partial charge in [0, 0.05) is 6.54 Å². The van der Waals surface area contributed by atoms with Gasteiger partial charge in [-0.2, -0.15) is 0 Å². The van der Waals surface area contributed by atoms with Crippen LogP contribution in [0.1, 0.15) is 26.2 Å². The molecule has 2 N–H and O–H groups in total. The molecular weight excluding hydrogens is 171 g/mol. The number of piperidine rings is 1. The first-order chi connectivity index (χ1) is 6.11. The van der Waals surface area contributed by atoms with Gasteiger partial charge in [-0.3, -0.25) is 9.69 Å². The molecule has 13 heavy (non-hydrogen) atoms. The van der Waals surface area contributed by atoms with Crippen molar-refractivity contribution >= 4 is 5.91 Å². The van der Waals surface area contributed by atoms with E-state index in [4.69, 9.17) is 5.73 Å². The van der Waals surface area contributed by atoms with Gasteiger partial charge in [0.25, 0.3) is 0 Å². The minimum Gasteiger partial charge on any atom is -0.368 e.